The first kappa shape index (κ1) is 15.1. The molecule has 0 unspecified atom stereocenters. The number of aryl methyl sites for hydroxylation is 2. The topological polar surface area (TPSA) is 71.1 Å². The number of hydrogen-bond acceptors (Lipinski definition) is 4. The van der Waals surface area contributed by atoms with Crippen molar-refractivity contribution in [3.05, 3.63) is 56.6 Å². The predicted octanol–water partition coefficient (Wildman–Crippen LogP) is 0.858. The van der Waals surface area contributed by atoms with Gasteiger partial charge in [-0.1, -0.05) is 0 Å². The summed E-state index contributed by atoms with van der Waals surface area (Å²) in [4.78, 5) is 28.1. The highest BCUT2D eigenvalue weighted by Crippen LogP contribution is 2.21. The van der Waals surface area contributed by atoms with E-state index in [0.717, 1.165) is 21.4 Å². The van der Waals surface area contributed by atoms with E-state index in [1.807, 2.05) is 36.7 Å². The van der Waals surface area contributed by atoms with Crippen LogP contribution in [-0.2, 0) is 27.7 Å². The van der Waals surface area contributed by atoms with Gasteiger partial charge < -0.3 is 9.30 Å². The Balaban J connectivity index is 1.89. The second-order valence-electron chi connectivity index (χ2n) is 5.53. The lowest BCUT2D eigenvalue weighted by atomic mass is 10.3. The minimum Gasteiger partial charge on any atom is -0.487 e. The lowest BCUT2D eigenvalue weighted by Crippen LogP contribution is -2.38. The fourth-order valence-corrected chi connectivity index (χ4v) is 2.46. The summed E-state index contributed by atoms with van der Waals surface area (Å²) in [5.74, 6) is 1.56. The van der Waals surface area contributed by atoms with Crippen molar-refractivity contribution in [1.82, 2.24) is 18.7 Å². The van der Waals surface area contributed by atoms with Crippen molar-refractivity contribution < 1.29 is 4.74 Å². The first-order valence-electron chi connectivity index (χ1n) is 7.20. The molecular formula is C16H18N4O3. The Bertz CT molecular complexity index is 1010. The number of benzene rings is 1. The van der Waals surface area contributed by atoms with Gasteiger partial charge in [0.15, 0.2) is 0 Å². The van der Waals surface area contributed by atoms with Crippen LogP contribution in [0, 0.1) is 6.92 Å². The Labute approximate surface area is 132 Å². The highest BCUT2D eigenvalue weighted by molar-refractivity contribution is 5.77. The van der Waals surface area contributed by atoms with Gasteiger partial charge in [0.2, 0.25) is 0 Å². The molecule has 0 atom stereocenters. The van der Waals surface area contributed by atoms with Crippen molar-refractivity contribution in [1.29, 1.82) is 0 Å². The van der Waals surface area contributed by atoms with Crippen molar-refractivity contribution >= 4 is 11.0 Å². The van der Waals surface area contributed by atoms with Crippen molar-refractivity contribution in [3.63, 3.8) is 0 Å². The number of hydrogen-bond donors (Lipinski definition) is 0. The summed E-state index contributed by atoms with van der Waals surface area (Å²) in [6.07, 6.45) is 0. The molecule has 120 valence electrons. The lowest BCUT2D eigenvalue weighted by molar-refractivity contribution is 0.294. The summed E-state index contributed by atoms with van der Waals surface area (Å²) in [5, 5.41) is 0. The molecule has 0 radical (unpaired) electrons. The van der Waals surface area contributed by atoms with E-state index in [9.17, 15) is 9.59 Å². The van der Waals surface area contributed by atoms with Crippen LogP contribution in [0.15, 0.2) is 33.9 Å². The normalized spacial score (nSPS) is 11.1. The molecule has 0 fully saturated rings. The molecule has 0 bridgehead atoms. The van der Waals surface area contributed by atoms with Crippen LogP contribution in [-0.4, -0.2) is 18.7 Å². The third kappa shape index (κ3) is 2.54. The van der Waals surface area contributed by atoms with Crippen LogP contribution in [0.2, 0.25) is 0 Å². The molecule has 0 aliphatic heterocycles. The molecule has 0 N–H and O–H groups in total. The molecule has 2 aromatic heterocycles. The van der Waals surface area contributed by atoms with E-state index in [4.69, 9.17) is 4.74 Å². The van der Waals surface area contributed by atoms with Crippen molar-refractivity contribution in [2.75, 3.05) is 0 Å². The van der Waals surface area contributed by atoms with Crippen LogP contribution in [0.1, 0.15) is 11.5 Å². The Morgan fingerprint density at radius 1 is 1.04 bits per heavy atom. The molecule has 7 heteroatoms. The predicted molar refractivity (Wildman–Crippen MR) is 86.7 cm³/mol. The number of ether oxygens (including phenoxy) is 1. The summed E-state index contributed by atoms with van der Waals surface area (Å²) < 4.78 is 10.2. The minimum atomic E-state index is -0.369. The Kier molecular flexibility index (Phi) is 3.55. The van der Waals surface area contributed by atoms with E-state index in [1.54, 1.807) is 7.05 Å². The second kappa shape index (κ2) is 5.42. The zero-order chi connectivity index (χ0) is 16.7. The highest BCUT2D eigenvalue weighted by Gasteiger charge is 2.08. The maximum absolute atomic E-state index is 11.9. The summed E-state index contributed by atoms with van der Waals surface area (Å²) in [5.41, 5.74) is 1.68. The average Bonchev–Trinajstić information content (AvgIpc) is 2.82. The first-order chi connectivity index (χ1) is 10.9. The van der Waals surface area contributed by atoms with Gasteiger partial charge in [-0.2, -0.15) is 0 Å². The van der Waals surface area contributed by atoms with Crippen LogP contribution in [0.3, 0.4) is 0 Å². The van der Waals surface area contributed by atoms with Gasteiger partial charge in [0.25, 0.3) is 5.56 Å². The summed E-state index contributed by atoms with van der Waals surface area (Å²) in [6.45, 7) is 2.08. The molecule has 2 heterocycles. The molecule has 3 rings (SSSR count). The Morgan fingerprint density at radius 2 is 1.78 bits per heavy atom. The Hall–Kier alpha value is -2.83. The van der Waals surface area contributed by atoms with Crippen LogP contribution in [0.5, 0.6) is 5.75 Å². The number of aromatic nitrogens is 4. The van der Waals surface area contributed by atoms with E-state index in [2.05, 4.69) is 4.98 Å². The largest absolute Gasteiger partial charge is 0.487 e. The molecule has 7 nitrogen and oxygen atoms in total. The third-order valence-corrected chi connectivity index (χ3v) is 4.09. The number of nitrogens with zero attached hydrogens (tertiary/aromatic N) is 4. The summed E-state index contributed by atoms with van der Waals surface area (Å²) in [6, 6.07) is 7.04. The first-order valence-corrected chi connectivity index (χ1v) is 7.20. The maximum atomic E-state index is 11.9. The smallest absolute Gasteiger partial charge is 0.330 e. The minimum absolute atomic E-state index is 0.138. The fraction of sp³-hybridized carbons (Fsp3) is 0.312. The molecular weight excluding hydrogens is 296 g/mol. The van der Waals surface area contributed by atoms with Crippen LogP contribution in [0.25, 0.3) is 11.0 Å². The van der Waals surface area contributed by atoms with Gasteiger partial charge in [-0.3, -0.25) is 13.9 Å². The van der Waals surface area contributed by atoms with E-state index in [-0.39, 0.29) is 17.9 Å². The van der Waals surface area contributed by atoms with Gasteiger partial charge in [-0.05, 0) is 19.1 Å². The van der Waals surface area contributed by atoms with Gasteiger partial charge in [-0.25, -0.2) is 9.78 Å². The van der Waals surface area contributed by atoms with Gasteiger partial charge in [0.05, 0.1) is 16.7 Å². The quantitative estimate of drug-likeness (QED) is 0.719. The Morgan fingerprint density at radius 3 is 2.52 bits per heavy atom. The number of rotatable bonds is 3. The van der Waals surface area contributed by atoms with E-state index < -0.39 is 0 Å². The SMILES string of the molecule is Cc1nc2cc(OCc3cc(=O)n(C)c(=O)n3C)ccc2n1C. The summed E-state index contributed by atoms with van der Waals surface area (Å²) >= 11 is 0. The fourth-order valence-electron chi connectivity index (χ4n) is 2.46. The maximum Gasteiger partial charge on any atom is 0.330 e. The van der Waals surface area contributed by atoms with E-state index in [1.165, 1.54) is 17.7 Å². The molecule has 0 saturated carbocycles. The molecule has 0 spiro atoms. The van der Waals surface area contributed by atoms with Crippen LogP contribution >= 0.6 is 0 Å². The van der Waals surface area contributed by atoms with Crippen molar-refractivity contribution in [2.45, 2.75) is 13.5 Å². The average molecular weight is 314 g/mol. The molecule has 0 saturated heterocycles. The van der Waals surface area contributed by atoms with Gasteiger partial charge in [0.1, 0.15) is 18.2 Å². The number of imidazole rings is 1. The standard InChI is InChI=1S/C16H18N4O3/c1-10-17-13-8-12(5-6-14(13)18(10)2)23-9-11-7-15(21)20(4)16(22)19(11)3/h5-8H,9H2,1-4H3. The van der Waals surface area contributed by atoms with Crippen LogP contribution < -0.4 is 16.0 Å². The lowest BCUT2D eigenvalue weighted by Gasteiger charge is -2.11. The second-order valence-corrected chi connectivity index (χ2v) is 5.53. The third-order valence-electron chi connectivity index (χ3n) is 4.09. The van der Waals surface area contributed by atoms with Crippen molar-refractivity contribution in [3.8, 4) is 5.75 Å². The van der Waals surface area contributed by atoms with Gasteiger partial charge >= 0.3 is 5.69 Å². The molecule has 23 heavy (non-hydrogen) atoms. The molecule has 0 aliphatic carbocycles. The van der Waals surface area contributed by atoms with Gasteiger partial charge in [0, 0.05) is 33.3 Å². The van der Waals surface area contributed by atoms with E-state index >= 15 is 0 Å². The molecule has 0 amide bonds. The highest BCUT2D eigenvalue weighted by atomic mass is 16.5. The van der Waals surface area contributed by atoms with Crippen LogP contribution in [0.4, 0.5) is 0 Å². The molecule has 3 aromatic rings. The van der Waals surface area contributed by atoms with Gasteiger partial charge in [-0.15, -0.1) is 0 Å². The zero-order valence-electron chi connectivity index (χ0n) is 13.5. The molecule has 1 aromatic carbocycles. The van der Waals surface area contributed by atoms with Crippen molar-refractivity contribution in [2.24, 2.45) is 21.1 Å². The van der Waals surface area contributed by atoms with E-state index in [0.29, 0.717) is 11.4 Å². The monoisotopic (exact) mass is 314 g/mol. The summed E-state index contributed by atoms with van der Waals surface area (Å²) in [7, 11) is 5.03. The molecule has 0 aliphatic rings. The number of fused-ring (bicyclic) bond motifs is 1. The zero-order valence-corrected chi connectivity index (χ0v) is 13.5.